The number of amides is 1. The van der Waals surface area contributed by atoms with Crippen LogP contribution in [0.2, 0.25) is 0 Å². The first kappa shape index (κ1) is 14.8. The minimum Gasteiger partial charge on any atom is -0.480 e. The Morgan fingerprint density at radius 3 is 2.39 bits per heavy atom. The summed E-state index contributed by atoms with van der Waals surface area (Å²) in [6, 6.07) is -1.07. The monoisotopic (exact) mass is 259 g/mol. The molecule has 6 nitrogen and oxygen atoms in total. The van der Waals surface area contributed by atoms with Crippen LogP contribution in [0.4, 0.5) is 4.79 Å². The van der Waals surface area contributed by atoms with Gasteiger partial charge in [0, 0.05) is 0 Å². The predicted molar refractivity (Wildman–Crippen MR) is 64.4 cm³/mol. The molecule has 0 bridgehead atoms. The molecule has 104 valence electrons. The third-order valence-electron chi connectivity index (χ3n) is 2.54. The molecule has 1 atom stereocenters. The van der Waals surface area contributed by atoms with Crippen molar-refractivity contribution in [3.05, 3.63) is 0 Å². The van der Waals surface area contributed by atoms with Crippen LogP contribution < -0.4 is 5.32 Å². The van der Waals surface area contributed by atoms with E-state index in [-0.39, 0.29) is 12.7 Å². The van der Waals surface area contributed by atoms with E-state index < -0.39 is 23.7 Å². The molecule has 0 saturated heterocycles. The Morgan fingerprint density at radius 1 is 1.39 bits per heavy atom. The second-order valence-corrected chi connectivity index (χ2v) is 5.42. The third-order valence-corrected chi connectivity index (χ3v) is 2.54. The number of carboxylic acid groups (broad SMARTS) is 1. The first-order valence-electron chi connectivity index (χ1n) is 6.12. The molecule has 0 aliphatic heterocycles. The van der Waals surface area contributed by atoms with Gasteiger partial charge >= 0.3 is 12.1 Å². The summed E-state index contributed by atoms with van der Waals surface area (Å²) < 4.78 is 10.4. The summed E-state index contributed by atoms with van der Waals surface area (Å²) in [6.07, 6.45) is 2.42. The van der Waals surface area contributed by atoms with Gasteiger partial charge in [0.05, 0.1) is 12.7 Å². The van der Waals surface area contributed by atoms with Crippen molar-refractivity contribution in [3.8, 4) is 0 Å². The zero-order valence-electron chi connectivity index (χ0n) is 11.1. The number of alkyl carbamates (subject to hydrolysis) is 1. The van der Waals surface area contributed by atoms with Crippen molar-refractivity contribution in [3.63, 3.8) is 0 Å². The molecular weight excluding hydrogens is 238 g/mol. The van der Waals surface area contributed by atoms with E-state index in [1.54, 1.807) is 20.8 Å². The highest BCUT2D eigenvalue weighted by atomic mass is 16.6. The fourth-order valence-corrected chi connectivity index (χ4v) is 1.39. The second-order valence-electron chi connectivity index (χ2n) is 5.42. The number of carbonyl (C=O) groups excluding carboxylic acids is 1. The topological polar surface area (TPSA) is 84.9 Å². The Balaban J connectivity index is 2.36. The molecule has 18 heavy (non-hydrogen) atoms. The SMILES string of the molecule is CC(C)(C)OC(=O)NC(COC1CCC1)C(=O)O. The molecule has 1 rings (SSSR count). The van der Waals surface area contributed by atoms with Gasteiger partial charge in [0.1, 0.15) is 5.60 Å². The molecule has 1 aliphatic carbocycles. The summed E-state index contributed by atoms with van der Waals surface area (Å²) >= 11 is 0. The van der Waals surface area contributed by atoms with Crippen LogP contribution in [-0.4, -0.2) is 41.5 Å². The molecule has 2 N–H and O–H groups in total. The number of hydrogen-bond donors (Lipinski definition) is 2. The molecule has 0 aromatic heterocycles. The van der Waals surface area contributed by atoms with E-state index >= 15 is 0 Å². The summed E-state index contributed by atoms with van der Waals surface area (Å²) in [6.45, 7) is 5.12. The number of carbonyl (C=O) groups is 2. The lowest BCUT2D eigenvalue weighted by molar-refractivity contribution is -0.142. The highest BCUT2D eigenvalue weighted by Gasteiger charge is 2.26. The average Bonchev–Trinajstić information content (AvgIpc) is 2.10. The molecule has 0 aromatic rings. The Hall–Kier alpha value is -1.30. The quantitative estimate of drug-likeness (QED) is 0.782. The fraction of sp³-hybridized carbons (Fsp3) is 0.833. The molecule has 1 unspecified atom stereocenters. The van der Waals surface area contributed by atoms with Crippen molar-refractivity contribution in [2.24, 2.45) is 0 Å². The first-order chi connectivity index (χ1) is 8.28. The Bertz CT molecular complexity index is 306. The van der Waals surface area contributed by atoms with E-state index in [0.717, 1.165) is 19.3 Å². The molecule has 0 spiro atoms. The minimum absolute atomic E-state index is 0.0285. The highest BCUT2D eigenvalue weighted by molar-refractivity contribution is 5.80. The van der Waals surface area contributed by atoms with E-state index in [9.17, 15) is 9.59 Å². The Morgan fingerprint density at radius 2 is 2.00 bits per heavy atom. The first-order valence-corrected chi connectivity index (χ1v) is 6.12. The zero-order valence-corrected chi connectivity index (χ0v) is 11.1. The molecule has 1 fully saturated rings. The maximum absolute atomic E-state index is 11.4. The van der Waals surface area contributed by atoms with Gasteiger partial charge in [-0.1, -0.05) is 0 Å². The molecule has 1 saturated carbocycles. The number of carboxylic acids is 1. The van der Waals surface area contributed by atoms with Crippen molar-refractivity contribution in [1.82, 2.24) is 5.32 Å². The van der Waals surface area contributed by atoms with Crippen LogP contribution in [0, 0.1) is 0 Å². The molecule has 0 radical (unpaired) electrons. The van der Waals surface area contributed by atoms with Crippen LogP contribution in [0.5, 0.6) is 0 Å². The van der Waals surface area contributed by atoms with Crippen molar-refractivity contribution in [1.29, 1.82) is 0 Å². The van der Waals surface area contributed by atoms with Crippen LogP contribution in [0.15, 0.2) is 0 Å². The fourth-order valence-electron chi connectivity index (χ4n) is 1.39. The Labute approximate surface area is 107 Å². The lowest BCUT2D eigenvalue weighted by atomic mass is 9.96. The van der Waals surface area contributed by atoms with Crippen LogP contribution in [0.1, 0.15) is 40.0 Å². The van der Waals surface area contributed by atoms with Gasteiger partial charge in [0.15, 0.2) is 6.04 Å². The van der Waals surface area contributed by atoms with Gasteiger partial charge in [-0.15, -0.1) is 0 Å². The van der Waals surface area contributed by atoms with Crippen LogP contribution in [0.3, 0.4) is 0 Å². The number of aliphatic carboxylic acids is 1. The van der Waals surface area contributed by atoms with Crippen molar-refractivity contribution < 1.29 is 24.2 Å². The van der Waals surface area contributed by atoms with Gasteiger partial charge in [0.25, 0.3) is 0 Å². The molecule has 0 aromatic carbocycles. The number of nitrogens with one attached hydrogen (secondary N) is 1. The third kappa shape index (κ3) is 5.35. The smallest absolute Gasteiger partial charge is 0.408 e. The summed E-state index contributed by atoms with van der Waals surface area (Å²) in [7, 11) is 0. The zero-order chi connectivity index (χ0) is 13.8. The Kier molecular flexibility index (Phi) is 4.95. The van der Waals surface area contributed by atoms with Crippen molar-refractivity contribution in [2.45, 2.75) is 57.8 Å². The summed E-state index contributed by atoms with van der Waals surface area (Å²) in [5.74, 6) is -1.12. The number of hydrogen-bond acceptors (Lipinski definition) is 4. The van der Waals surface area contributed by atoms with Gasteiger partial charge < -0.3 is 19.9 Å². The van der Waals surface area contributed by atoms with Crippen LogP contribution in [0.25, 0.3) is 0 Å². The van der Waals surface area contributed by atoms with E-state index in [0.29, 0.717) is 0 Å². The van der Waals surface area contributed by atoms with Gasteiger partial charge in [-0.25, -0.2) is 9.59 Å². The van der Waals surface area contributed by atoms with Crippen molar-refractivity contribution >= 4 is 12.1 Å². The molecule has 1 aliphatic rings. The van der Waals surface area contributed by atoms with E-state index in [2.05, 4.69) is 5.32 Å². The molecule has 1 amide bonds. The molecular formula is C12H21NO5. The average molecular weight is 259 g/mol. The van der Waals surface area contributed by atoms with Gasteiger partial charge in [-0.3, -0.25) is 0 Å². The molecule has 6 heteroatoms. The standard InChI is InChI=1S/C12H21NO5/c1-12(2,3)18-11(16)13-9(10(14)15)7-17-8-5-4-6-8/h8-9H,4-7H2,1-3H3,(H,13,16)(H,14,15). The van der Waals surface area contributed by atoms with Gasteiger partial charge in [0.2, 0.25) is 0 Å². The predicted octanol–water partition coefficient (Wildman–Crippen LogP) is 1.53. The highest BCUT2D eigenvalue weighted by Crippen LogP contribution is 2.21. The van der Waals surface area contributed by atoms with Gasteiger partial charge in [-0.05, 0) is 40.0 Å². The second kappa shape index (κ2) is 6.04. The van der Waals surface area contributed by atoms with Gasteiger partial charge in [-0.2, -0.15) is 0 Å². The van der Waals surface area contributed by atoms with Crippen molar-refractivity contribution in [2.75, 3.05) is 6.61 Å². The van der Waals surface area contributed by atoms with E-state index in [1.807, 2.05) is 0 Å². The largest absolute Gasteiger partial charge is 0.480 e. The van der Waals surface area contributed by atoms with E-state index in [4.69, 9.17) is 14.6 Å². The maximum atomic E-state index is 11.4. The van der Waals surface area contributed by atoms with Crippen LogP contribution >= 0.6 is 0 Å². The summed E-state index contributed by atoms with van der Waals surface area (Å²) in [5.41, 5.74) is -0.651. The lowest BCUT2D eigenvalue weighted by Gasteiger charge is -2.27. The molecule has 0 heterocycles. The number of ether oxygens (including phenoxy) is 2. The minimum atomic E-state index is -1.12. The maximum Gasteiger partial charge on any atom is 0.408 e. The normalized spacial score (nSPS) is 17.7. The lowest BCUT2D eigenvalue weighted by Crippen LogP contribution is -2.47. The summed E-state index contributed by atoms with van der Waals surface area (Å²) in [5, 5.41) is 11.3. The summed E-state index contributed by atoms with van der Waals surface area (Å²) in [4.78, 5) is 22.4. The number of rotatable bonds is 5. The van der Waals surface area contributed by atoms with Crippen LogP contribution in [-0.2, 0) is 14.3 Å². The van der Waals surface area contributed by atoms with E-state index in [1.165, 1.54) is 0 Å².